The van der Waals surface area contributed by atoms with Gasteiger partial charge in [0.25, 0.3) is 0 Å². The Balaban J connectivity index is 4.20. The van der Waals surface area contributed by atoms with Gasteiger partial charge in [-0.25, -0.2) is 4.79 Å². The summed E-state index contributed by atoms with van der Waals surface area (Å²) in [5.41, 5.74) is 0.400. The summed E-state index contributed by atoms with van der Waals surface area (Å²) in [5.74, 6) is -0.557. The molecule has 0 aromatic carbocycles. The summed E-state index contributed by atoms with van der Waals surface area (Å²) in [6, 6.07) is 0. The molecule has 0 unspecified atom stereocenters. The van der Waals surface area contributed by atoms with Gasteiger partial charge in [0, 0.05) is 0 Å². The molecule has 2 nitrogen and oxygen atoms in total. The molecule has 0 rings (SSSR count). The minimum atomic E-state index is -0.557. The van der Waals surface area contributed by atoms with Crippen LogP contribution < -0.4 is 0 Å². The Labute approximate surface area is 65.3 Å². The molecule has 0 saturated carbocycles. The van der Waals surface area contributed by atoms with E-state index in [9.17, 15) is 4.79 Å². The predicted molar refractivity (Wildman–Crippen MR) is 40.5 cm³/mol. The number of hydrogen-bond donors (Lipinski definition) is 0. The van der Waals surface area contributed by atoms with Crippen LogP contribution in [0, 0.1) is 0 Å². The van der Waals surface area contributed by atoms with Crippen molar-refractivity contribution in [2.45, 2.75) is 13.3 Å². The summed E-state index contributed by atoms with van der Waals surface area (Å²) in [6.45, 7) is 5.33. The summed E-state index contributed by atoms with van der Waals surface area (Å²) in [6.07, 6.45) is 3.86. The minimum absolute atomic E-state index is 0.400. The lowest BCUT2D eigenvalue weighted by molar-refractivity contribution is -0.129. The van der Waals surface area contributed by atoms with E-state index in [1.54, 1.807) is 6.08 Å². The molecule has 0 aromatic rings. The second kappa shape index (κ2) is 5.06. The Morgan fingerprint density at radius 1 is 1.80 bits per heavy atom. The number of carbonyl (C=O) groups excluding carboxylic acids is 1. The average molecular weight is 161 g/mol. The highest BCUT2D eigenvalue weighted by atomic mass is 35.5. The first-order valence-corrected chi connectivity index (χ1v) is 3.22. The zero-order valence-electron chi connectivity index (χ0n) is 5.76. The van der Waals surface area contributed by atoms with E-state index >= 15 is 0 Å². The highest BCUT2D eigenvalue weighted by Crippen LogP contribution is 2.01. The van der Waals surface area contributed by atoms with E-state index in [0.29, 0.717) is 5.57 Å². The lowest BCUT2D eigenvalue weighted by Gasteiger charge is -1.93. The summed E-state index contributed by atoms with van der Waals surface area (Å²) in [4.78, 5) is 10.6. The minimum Gasteiger partial charge on any atom is -0.343 e. The van der Waals surface area contributed by atoms with Crippen molar-refractivity contribution in [2.75, 3.05) is 0 Å². The molecule has 0 spiro atoms. The van der Waals surface area contributed by atoms with Crippen LogP contribution in [0.25, 0.3) is 0 Å². The summed E-state index contributed by atoms with van der Waals surface area (Å²) in [7, 11) is 0. The van der Waals surface area contributed by atoms with Crippen LogP contribution in [-0.4, -0.2) is 5.97 Å². The summed E-state index contributed by atoms with van der Waals surface area (Å²) >= 11 is 4.82. The molecule has 0 N–H and O–H groups in total. The molecule has 0 fully saturated rings. The van der Waals surface area contributed by atoms with Crippen LogP contribution in [0.4, 0.5) is 0 Å². The summed E-state index contributed by atoms with van der Waals surface area (Å²) in [5, 5.41) is 0. The van der Waals surface area contributed by atoms with Crippen molar-refractivity contribution in [1.82, 2.24) is 0 Å². The number of carbonyl (C=O) groups is 1. The lowest BCUT2D eigenvalue weighted by atomic mass is 10.2. The van der Waals surface area contributed by atoms with Crippen LogP contribution >= 0.6 is 11.9 Å². The van der Waals surface area contributed by atoms with Crippen LogP contribution in [-0.2, 0) is 9.08 Å². The van der Waals surface area contributed by atoms with Gasteiger partial charge in [0.05, 0.1) is 5.57 Å². The monoisotopic (exact) mass is 160 g/mol. The molecule has 0 aromatic heterocycles. The van der Waals surface area contributed by atoms with Gasteiger partial charge in [-0.15, -0.1) is 0 Å². The van der Waals surface area contributed by atoms with E-state index in [1.165, 1.54) is 6.08 Å². The van der Waals surface area contributed by atoms with Gasteiger partial charge in [0.15, 0.2) is 0 Å². The van der Waals surface area contributed by atoms with E-state index in [1.807, 2.05) is 6.92 Å². The van der Waals surface area contributed by atoms with Crippen molar-refractivity contribution in [2.24, 2.45) is 0 Å². The van der Waals surface area contributed by atoms with Crippen LogP contribution in [0.2, 0.25) is 0 Å². The fourth-order valence-corrected chi connectivity index (χ4v) is 0.604. The second-order valence-corrected chi connectivity index (χ2v) is 1.79. The molecule has 56 valence electrons. The Morgan fingerprint density at radius 3 is 2.70 bits per heavy atom. The summed E-state index contributed by atoms with van der Waals surface area (Å²) < 4.78 is 3.95. The van der Waals surface area contributed by atoms with Crippen molar-refractivity contribution < 1.29 is 9.08 Å². The standard InChI is InChI=1S/C7H9ClO2/c1-3-5-6(4-2)7(9)10-8/h4-5H,2-3H2,1H3. The van der Waals surface area contributed by atoms with Gasteiger partial charge in [0.1, 0.15) is 11.9 Å². The van der Waals surface area contributed by atoms with Gasteiger partial charge in [-0.2, -0.15) is 0 Å². The van der Waals surface area contributed by atoms with E-state index in [2.05, 4.69) is 10.9 Å². The van der Waals surface area contributed by atoms with Crippen LogP contribution in [0.15, 0.2) is 24.3 Å². The smallest absolute Gasteiger partial charge is 0.343 e. The maximum absolute atomic E-state index is 10.6. The zero-order chi connectivity index (χ0) is 7.98. The molecule has 0 bridgehead atoms. The quantitative estimate of drug-likeness (QED) is 0.468. The molecular weight excluding hydrogens is 152 g/mol. The van der Waals surface area contributed by atoms with Crippen LogP contribution in [0.1, 0.15) is 13.3 Å². The first kappa shape index (κ1) is 9.24. The fraction of sp³-hybridized carbons (Fsp3) is 0.286. The maximum atomic E-state index is 10.6. The molecule has 0 amide bonds. The third kappa shape index (κ3) is 2.69. The van der Waals surface area contributed by atoms with Gasteiger partial charge in [-0.3, -0.25) is 0 Å². The second-order valence-electron chi connectivity index (χ2n) is 1.64. The lowest BCUT2D eigenvalue weighted by Crippen LogP contribution is -1.98. The first-order chi connectivity index (χ1) is 4.76. The topological polar surface area (TPSA) is 26.3 Å². The van der Waals surface area contributed by atoms with E-state index in [4.69, 9.17) is 11.9 Å². The van der Waals surface area contributed by atoms with Gasteiger partial charge in [-0.1, -0.05) is 25.7 Å². The highest BCUT2D eigenvalue weighted by molar-refractivity contribution is 6.16. The molecular formula is C7H9ClO2. The Hall–Kier alpha value is -0.760. The van der Waals surface area contributed by atoms with Gasteiger partial charge < -0.3 is 4.29 Å². The molecule has 0 aliphatic carbocycles. The van der Waals surface area contributed by atoms with Gasteiger partial charge >= 0.3 is 5.97 Å². The fourth-order valence-electron chi connectivity index (χ4n) is 0.514. The maximum Gasteiger partial charge on any atom is 0.355 e. The molecule has 0 atom stereocenters. The first-order valence-electron chi connectivity index (χ1n) is 2.91. The highest BCUT2D eigenvalue weighted by Gasteiger charge is 2.03. The third-order valence-electron chi connectivity index (χ3n) is 0.950. The van der Waals surface area contributed by atoms with Crippen molar-refractivity contribution in [1.29, 1.82) is 0 Å². The zero-order valence-corrected chi connectivity index (χ0v) is 6.52. The molecule has 0 saturated heterocycles. The Bertz CT molecular complexity index is 161. The molecule has 0 aliphatic heterocycles. The largest absolute Gasteiger partial charge is 0.355 e. The van der Waals surface area contributed by atoms with Crippen LogP contribution in [0.3, 0.4) is 0 Å². The number of rotatable bonds is 3. The normalized spacial score (nSPS) is 10.8. The van der Waals surface area contributed by atoms with Crippen LogP contribution in [0.5, 0.6) is 0 Å². The van der Waals surface area contributed by atoms with E-state index < -0.39 is 5.97 Å². The van der Waals surface area contributed by atoms with E-state index in [0.717, 1.165) is 6.42 Å². The van der Waals surface area contributed by atoms with Crippen molar-refractivity contribution in [3.8, 4) is 0 Å². The van der Waals surface area contributed by atoms with E-state index in [-0.39, 0.29) is 0 Å². The number of halogens is 1. The van der Waals surface area contributed by atoms with Crippen molar-refractivity contribution in [3.05, 3.63) is 24.3 Å². The Morgan fingerprint density at radius 2 is 2.40 bits per heavy atom. The van der Waals surface area contributed by atoms with Crippen molar-refractivity contribution >= 4 is 17.8 Å². The third-order valence-corrected chi connectivity index (χ3v) is 1.09. The Kier molecular flexibility index (Phi) is 4.67. The number of hydrogen-bond acceptors (Lipinski definition) is 2. The SMILES string of the molecule is C=CC(=CCC)C(=O)OCl. The van der Waals surface area contributed by atoms with Gasteiger partial charge in [-0.05, 0) is 6.42 Å². The predicted octanol–water partition coefficient (Wildman–Crippen LogP) is 2.21. The number of allylic oxidation sites excluding steroid dienone is 1. The van der Waals surface area contributed by atoms with Crippen molar-refractivity contribution in [3.63, 3.8) is 0 Å². The van der Waals surface area contributed by atoms with Gasteiger partial charge in [0.2, 0.25) is 0 Å². The average Bonchev–Trinajstić information content (AvgIpc) is 1.99. The molecule has 0 heterocycles. The molecule has 10 heavy (non-hydrogen) atoms. The molecule has 0 aliphatic rings. The molecule has 3 heteroatoms. The molecule has 0 radical (unpaired) electrons.